The van der Waals surface area contributed by atoms with Gasteiger partial charge in [0.15, 0.2) is 0 Å². The van der Waals surface area contributed by atoms with E-state index in [9.17, 15) is 4.79 Å². The predicted molar refractivity (Wildman–Crippen MR) is 92.1 cm³/mol. The standard InChI is InChI=1S/C18H20BrNO2/c1-12-4-6-14(7-5-12)10-18(21)20-13(2)15-8-9-17(22-3)16(19)11-15/h4-9,11,13H,10H2,1-3H3,(H,20,21)/t13-/m0/s1. The van der Waals surface area contributed by atoms with Gasteiger partial charge in [0.2, 0.25) is 5.91 Å². The average Bonchev–Trinajstić information content (AvgIpc) is 2.49. The number of carbonyl (C=O) groups excluding carboxylic acids is 1. The molecule has 1 N–H and O–H groups in total. The Bertz CT molecular complexity index is 653. The molecule has 2 rings (SSSR count). The Labute approximate surface area is 139 Å². The Kier molecular flexibility index (Phi) is 5.61. The highest BCUT2D eigenvalue weighted by Gasteiger charge is 2.12. The van der Waals surface area contributed by atoms with Crippen LogP contribution in [0, 0.1) is 6.92 Å². The molecule has 1 amide bonds. The molecule has 2 aromatic carbocycles. The van der Waals surface area contributed by atoms with Crippen molar-refractivity contribution in [1.82, 2.24) is 5.32 Å². The van der Waals surface area contributed by atoms with Crippen LogP contribution < -0.4 is 10.1 Å². The highest BCUT2D eigenvalue weighted by atomic mass is 79.9. The number of halogens is 1. The number of carbonyl (C=O) groups is 1. The van der Waals surface area contributed by atoms with Crippen LogP contribution in [-0.4, -0.2) is 13.0 Å². The molecule has 0 saturated heterocycles. The van der Waals surface area contributed by atoms with Gasteiger partial charge in [0.1, 0.15) is 5.75 Å². The molecule has 1 atom stereocenters. The van der Waals surface area contributed by atoms with Gasteiger partial charge in [-0.3, -0.25) is 4.79 Å². The number of methoxy groups -OCH3 is 1. The summed E-state index contributed by atoms with van der Waals surface area (Å²) >= 11 is 3.46. The van der Waals surface area contributed by atoms with Gasteiger partial charge >= 0.3 is 0 Å². The molecule has 0 aliphatic rings. The molecule has 0 aromatic heterocycles. The zero-order valence-corrected chi connectivity index (χ0v) is 14.6. The maximum absolute atomic E-state index is 12.1. The number of amides is 1. The predicted octanol–water partition coefficient (Wildman–Crippen LogP) is 4.19. The monoisotopic (exact) mass is 361 g/mol. The van der Waals surface area contributed by atoms with Crippen molar-refractivity contribution in [2.24, 2.45) is 0 Å². The van der Waals surface area contributed by atoms with E-state index in [1.807, 2.05) is 56.3 Å². The van der Waals surface area contributed by atoms with Crippen molar-refractivity contribution in [1.29, 1.82) is 0 Å². The van der Waals surface area contributed by atoms with Crippen molar-refractivity contribution in [2.45, 2.75) is 26.3 Å². The first-order chi connectivity index (χ1) is 10.5. The van der Waals surface area contributed by atoms with Crippen LogP contribution in [0.2, 0.25) is 0 Å². The minimum atomic E-state index is -0.0554. The number of nitrogens with one attached hydrogen (secondary N) is 1. The van der Waals surface area contributed by atoms with Crippen LogP contribution in [0.4, 0.5) is 0 Å². The highest BCUT2D eigenvalue weighted by Crippen LogP contribution is 2.27. The molecule has 0 aliphatic carbocycles. The molecule has 0 bridgehead atoms. The van der Waals surface area contributed by atoms with Crippen LogP contribution in [0.3, 0.4) is 0 Å². The van der Waals surface area contributed by atoms with Crippen molar-refractivity contribution in [3.8, 4) is 5.75 Å². The summed E-state index contributed by atoms with van der Waals surface area (Å²) < 4.78 is 6.10. The second kappa shape index (κ2) is 7.45. The summed E-state index contributed by atoms with van der Waals surface area (Å²) in [6.45, 7) is 4.01. The molecule has 2 aromatic rings. The zero-order valence-electron chi connectivity index (χ0n) is 13.0. The molecule has 0 fully saturated rings. The summed E-state index contributed by atoms with van der Waals surface area (Å²) in [6, 6.07) is 13.8. The molecule has 22 heavy (non-hydrogen) atoms. The molecule has 0 spiro atoms. The quantitative estimate of drug-likeness (QED) is 0.866. The topological polar surface area (TPSA) is 38.3 Å². The molecule has 116 valence electrons. The number of ether oxygens (including phenoxy) is 1. The summed E-state index contributed by atoms with van der Waals surface area (Å²) in [5.41, 5.74) is 3.25. The third-order valence-electron chi connectivity index (χ3n) is 3.54. The molecule has 0 aliphatic heterocycles. The largest absolute Gasteiger partial charge is 0.496 e. The lowest BCUT2D eigenvalue weighted by atomic mass is 10.1. The van der Waals surface area contributed by atoms with E-state index in [2.05, 4.69) is 21.2 Å². The summed E-state index contributed by atoms with van der Waals surface area (Å²) in [5, 5.41) is 3.02. The molecule has 0 unspecified atom stereocenters. The van der Waals surface area contributed by atoms with E-state index < -0.39 is 0 Å². The molecule has 0 radical (unpaired) electrons. The van der Waals surface area contributed by atoms with Gasteiger partial charge in [-0.2, -0.15) is 0 Å². The minimum absolute atomic E-state index is 0.0169. The van der Waals surface area contributed by atoms with Gasteiger partial charge in [0.05, 0.1) is 24.0 Å². The smallest absolute Gasteiger partial charge is 0.224 e. The maximum Gasteiger partial charge on any atom is 0.224 e. The van der Waals surface area contributed by atoms with Crippen molar-refractivity contribution >= 4 is 21.8 Å². The highest BCUT2D eigenvalue weighted by molar-refractivity contribution is 9.10. The Morgan fingerprint density at radius 1 is 1.23 bits per heavy atom. The number of aryl methyl sites for hydroxylation is 1. The fourth-order valence-corrected chi connectivity index (χ4v) is 2.78. The van der Waals surface area contributed by atoms with E-state index >= 15 is 0 Å². The van der Waals surface area contributed by atoms with Gasteiger partial charge < -0.3 is 10.1 Å². The first-order valence-electron chi connectivity index (χ1n) is 7.18. The van der Waals surface area contributed by atoms with Crippen molar-refractivity contribution in [2.75, 3.05) is 7.11 Å². The summed E-state index contributed by atoms with van der Waals surface area (Å²) in [5.74, 6) is 0.797. The fourth-order valence-electron chi connectivity index (χ4n) is 2.22. The molecular formula is C18H20BrNO2. The summed E-state index contributed by atoms with van der Waals surface area (Å²) in [6.07, 6.45) is 0.391. The number of hydrogen-bond donors (Lipinski definition) is 1. The average molecular weight is 362 g/mol. The summed E-state index contributed by atoms with van der Waals surface area (Å²) in [4.78, 5) is 12.1. The van der Waals surface area contributed by atoms with Gasteiger partial charge in [-0.15, -0.1) is 0 Å². The molecular weight excluding hydrogens is 342 g/mol. The fraction of sp³-hybridized carbons (Fsp3) is 0.278. The Hall–Kier alpha value is -1.81. The van der Waals surface area contributed by atoms with Crippen LogP contribution in [0.5, 0.6) is 5.75 Å². The normalized spacial score (nSPS) is 11.8. The van der Waals surface area contributed by atoms with Crippen molar-refractivity contribution < 1.29 is 9.53 Å². The van der Waals surface area contributed by atoms with E-state index in [4.69, 9.17) is 4.74 Å². The van der Waals surface area contributed by atoms with Crippen LogP contribution in [0.25, 0.3) is 0 Å². The number of rotatable bonds is 5. The lowest BCUT2D eigenvalue weighted by Crippen LogP contribution is -2.28. The SMILES string of the molecule is COc1ccc([C@H](C)NC(=O)Cc2ccc(C)cc2)cc1Br. The first kappa shape index (κ1) is 16.6. The van der Waals surface area contributed by atoms with Crippen LogP contribution in [0.15, 0.2) is 46.9 Å². The zero-order chi connectivity index (χ0) is 16.1. The second-order valence-corrected chi connectivity index (χ2v) is 6.20. The number of benzene rings is 2. The second-order valence-electron chi connectivity index (χ2n) is 5.35. The van der Waals surface area contributed by atoms with Gasteiger partial charge in [-0.05, 0) is 53.0 Å². The van der Waals surface area contributed by atoms with E-state index in [0.717, 1.165) is 21.3 Å². The Morgan fingerprint density at radius 2 is 1.91 bits per heavy atom. The third-order valence-corrected chi connectivity index (χ3v) is 4.16. The van der Waals surface area contributed by atoms with Gasteiger partial charge in [0, 0.05) is 0 Å². The van der Waals surface area contributed by atoms with Crippen LogP contribution in [-0.2, 0) is 11.2 Å². The molecule has 3 nitrogen and oxygen atoms in total. The van der Waals surface area contributed by atoms with Crippen molar-refractivity contribution in [3.05, 3.63) is 63.6 Å². The third kappa shape index (κ3) is 4.34. The Morgan fingerprint density at radius 3 is 2.50 bits per heavy atom. The summed E-state index contributed by atoms with van der Waals surface area (Å²) in [7, 11) is 1.63. The first-order valence-corrected chi connectivity index (χ1v) is 7.97. The van der Waals surface area contributed by atoms with E-state index in [0.29, 0.717) is 6.42 Å². The van der Waals surface area contributed by atoms with E-state index in [1.54, 1.807) is 7.11 Å². The molecule has 0 heterocycles. The Balaban J connectivity index is 1.98. The lowest BCUT2D eigenvalue weighted by molar-refractivity contribution is -0.121. The maximum atomic E-state index is 12.1. The van der Waals surface area contributed by atoms with Crippen LogP contribution in [0.1, 0.15) is 29.7 Å². The molecule has 4 heteroatoms. The lowest BCUT2D eigenvalue weighted by Gasteiger charge is -2.16. The minimum Gasteiger partial charge on any atom is -0.496 e. The van der Waals surface area contributed by atoms with E-state index in [-0.39, 0.29) is 11.9 Å². The number of hydrogen-bond acceptors (Lipinski definition) is 2. The van der Waals surface area contributed by atoms with Gasteiger partial charge in [-0.25, -0.2) is 0 Å². The van der Waals surface area contributed by atoms with Gasteiger partial charge in [0.25, 0.3) is 0 Å². The van der Waals surface area contributed by atoms with Gasteiger partial charge in [-0.1, -0.05) is 35.9 Å². The van der Waals surface area contributed by atoms with Crippen LogP contribution >= 0.6 is 15.9 Å². The van der Waals surface area contributed by atoms with E-state index in [1.165, 1.54) is 5.56 Å². The molecule has 0 saturated carbocycles. The van der Waals surface area contributed by atoms with Crippen molar-refractivity contribution in [3.63, 3.8) is 0 Å².